The molecular weight excluding hydrogens is 196 g/mol. The van der Waals surface area contributed by atoms with Crippen molar-refractivity contribution in [1.82, 2.24) is 0 Å². The van der Waals surface area contributed by atoms with Crippen LogP contribution in [0.4, 0.5) is 0 Å². The molecule has 0 saturated heterocycles. The molecule has 0 aliphatic rings. The standard InChI is InChI=1S/C10H22N2O3/c1-2-6-14-8-9-15-7-4-3-5-10(11)12-13/h13H,2-9H2,1H3,(H2,11,12). The highest BCUT2D eigenvalue weighted by atomic mass is 16.5. The van der Waals surface area contributed by atoms with E-state index in [1.54, 1.807) is 0 Å². The molecule has 0 aliphatic heterocycles. The van der Waals surface area contributed by atoms with Crippen LogP contribution in [0.5, 0.6) is 0 Å². The van der Waals surface area contributed by atoms with Crippen LogP contribution in [0, 0.1) is 0 Å². The van der Waals surface area contributed by atoms with Crippen LogP contribution in [0.2, 0.25) is 0 Å². The number of ether oxygens (including phenoxy) is 2. The van der Waals surface area contributed by atoms with Gasteiger partial charge in [-0.25, -0.2) is 0 Å². The van der Waals surface area contributed by atoms with Crippen molar-refractivity contribution in [1.29, 1.82) is 0 Å². The molecule has 0 radical (unpaired) electrons. The van der Waals surface area contributed by atoms with Gasteiger partial charge in [0.1, 0.15) is 5.84 Å². The van der Waals surface area contributed by atoms with Crippen LogP contribution in [0.15, 0.2) is 5.16 Å². The van der Waals surface area contributed by atoms with Gasteiger partial charge in [-0.1, -0.05) is 12.1 Å². The lowest BCUT2D eigenvalue weighted by atomic mass is 10.2. The van der Waals surface area contributed by atoms with Gasteiger partial charge in [0.05, 0.1) is 13.2 Å². The predicted octanol–water partition coefficient (Wildman–Crippen LogP) is 1.35. The second-order valence-electron chi connectivity index (χ2n) is 3.27. The van der Waals surface area contributed by atoms with E-state index in [9.17, 15) is 0 Å². The lowest BCUT2D eigenvalue weighted by molar-refractivity contribution is 0.0468. The first-order chi connectivity index (χ1) is 7.31. The number of nitrogens with two attached hydrogens (primary N) is 1. The highest BCUT2D eigenvalue weighted by Gasteiger charge is 1.94. The summed E-state index contributed by atoms with van der Waals surface area (Å²) in [6, 6.07) is 0. The molecule has 5 heteroatoms. The summed E-state index contributed by atoms with van der Waals surface area (Å²) < 4.78 is 10.6. The van der Waals surface area contributed by atoms with E-state index in [0.717, 1.165) is 25.9 Å². The van der Waals surface area contributed by atoms with E-state index >= 15 is 0 Å². The number of amidine groups is 1. The van der Waals surface area contributed by atoms with Gasteiger partial charge in [0.25, 0.3) is 0 Å². The zero-order valence-electron chi connectivity index (χ0n) is 9.45. The van der Waals surface area contributed by atoms with E-state index in [2.05, 4.69) is 12.1 Å². The van der Waals surface area contributed by atoms with Gasteiger partial charge in [0, 0.05) is 19.6 Å². The lowest BCUT2D eigenvalue weighted by Crippen LogP contribution is -2.11. The minimum Gasteiger partial charge on any atom is -0.409 e. The molecule has 0 aliphatic carbocycles. The second kappa shape index (κ2) is 11.3. The molecule has 0 rings (SSSR count). The maximum absolute atomic E-state index is 8.27. The van der Waals surface area contributed by atoms with Gasteiger partial charge in [0.15, 0.2) is 0 Å². The third-order valence-electron chi connectivity index (χ3n) is 1.82. The Balaban J connectivity index is 2.99. The maximum atomic E-state index is 8.27. The fourth-order valence-corrected chi connectivity index (χ4v) is 1.03. The van der Waals surface area contributed by atoms with E-state index < -0.39 is 0 Å². The van der Waals surface area contributed by atoms with Crippen molar-refractivity contribution >= 4 is 5.84 Å². The quantitative estimate of drug-likeness (QED) is 0.191. The first kappa shape index (κ1) is 14.2. The zero-order chi connectivity index (χ0) is 11.4. The molecular formula is C10H22N2O3. The Morgan fingerprint density at radius 1 is 1.13 bits per heavy atom. The number of hydrogen-bond donors (Lipinski definition) is 2. The third-order valence-corrected chi connectivity index (χ3v) is 1.82. The van der Waals surface area contributed by atoms with Crippen molar-refractivity contribution in [3.8, 4) is 0 Å². The Hall–Kier alpha value is -0.810. The normalized spacial score (nSPS) is 11.9. The summed E-state index contributed by atoms with van der Waals surface area (Å²) >= 11 is 0. The van der Waals surface area contributed by atoms with Gasteiger partial charge in [-0.05, 0) is 19.3 Å². The fraction of sp³-hybridized carbons (Fsp3) is 0.900. The molecule has 0 fully saturated rings. The molecule has 0 unspecified atom stereocenters. The molecule has 0 aromatic carbocycles. The van der Waals surface area contributed by atoms with E-state index in [1.807, 2.05) is 0 Å². The van der Waals surface area contributed by atoms with Crippen LogP contribution < -0.4 is 5.73 Å². The van der Waals surface area contributed by atoms with Crippen molar-refractivity contribution in [3.05, 3.63) is 0 Å². The number of nitrogens with zero attached hydrogens (tertiary/aromatic N) is 1. The summed E-state index contributed by atoms with van der Waals surface area (Å²) in [5.41, 5.74) is 5.31. The maximum Gasteiger partial charge on any atom is 0.139 e. The van der Waals surface area contributed by atoms with Gasteiger partial charge >= 0.3 is 0 Å². The van der Waals surface area contributed by atoms with Gasteiger partial charge in [0.2, 0.25) is 0 Å². The first-order valence-corrected chi connectivity index (χ1v) is 5.43. The summed E-state index contributed by atoms with van der Waals surface area (Å²) in [5.74, 6) is 0.279. The van der Waals surface area contributed by atoms with Gasteiger partial charge in [-0.2, -0.15) is 0 Å². The summed E-state index contributed by atoms with van der Waals surface area (Å²) in [6.07, 6.45) is 3.46. The van der Waals surface area contributed by atoms with Crippen molar-refractivity contribution in [2.24, 2.45) is 10.9 Å². The molecule has 0 atom stereocenters. The SMILES string of the molecule is CCCOCCOCCCCC(N)=NO. The number of oxime groups is 1. The van der Waals surface area contributed by atoms with Crippen molar-refractivity contribution in [2.45, 2.75) is 32.6 Å². The molecule has 5 nitrogen and oxygen atoms in total. The lowest BCUT2D eigenvalue weighted by Gasteiger charge is -2.04. The zero-order valence-corrected chi connectivity index (χ0v) is 9.45. The molecule has 15 heavy (non-hydrogen) atoms. The van der Waals surface area contributed by atoms with Crippen molar-refractivity contribution in [3.63, 3.8) is 0 Å². The molecule has 0 amide bonds. The average molecular weight is 218 g/mol. The summed E-state index contributed by atoms with van der Waals surface area (Å²) in [6.45, 7) is 4.88. The molecule has 3 N–H and O–H groups in total. The monoisotopic (exact) mass is 218 g/mol. The highest BCUT2D eigenvalue weighted by molar-refractivity contribution is 5.79. The van der Waals surface area contributed by atoms with Crippen LogP contribution in [0.1, 0.15) is 32.6 Å². The van der Waals surface area contributed by atoms with E-state index in [4.69, 9.17) is 20.4 Å². The molecule has 90 valence electrons. The van der Waals surface area contributed by atoms with Crippen molar-refractivity contribution in [2.75, 3.05) is 26.4 Å². The van der Waals surface area contributed by atoms with E-state index in [0.29, 0.717) is 26.2 Å². The molecule has 0 aromatic heterocycles. The average Bonchev–Trinajstić information content (AvgIpc) is 2.26. The summed E-state index contributed by atoms with van der Waals surface area (Å²) in [4.78, 5) is 0. The van der Waals surface area contributed by atoms with Gasteiger partial charge in [-0.15, -0.1) is 0 Å². The molecule has 0 spiro atoms. The van der Waals surface area contributed by atoms with E-state index in [-0.39, 0.29) is 5.84 Å². The Kier molecular flexibility index (Phi) is 10.7. The molecule has 0 aromatic rings. The van der Waals surface area contributed by atoms with Crippen LogP contribution >= 0.6 is 0 Å². The van der Waals surface area contributed by atoms with Crippen LogP contribution in [-0.2, 0) is 9.47 Å². The summed E-state index contributed by atoms with van der Waals surface area (Å²) in [5, 5.41) is 11.2. The van der Waals surface area contributed by atoms with Gasteiger partial charge < -0.3 is 20.4 Å². The fourth-order valence-electron chi connectivity index (χ4n) is 1.03. The minimum atomic E-state index is 0.279. The third kappa shape index (κ3) is 11.1. The molecule has 0 saturated carbocycles. The Labute approximate surface area is 91.2 Å². The van der Waals surface area contributed by atoms with Gasteiger partial charge in [-0.3, -0.25) is 0 Å². The Morgan fingerprint density at radius 2 is 1.80 bits per heavy atom. The van der Waals surface area contributed by atoms with Crippen LogP contribution in [-0.4, -0.2) is 37.5 Å². The Bertz CT molecular complexity index is 163. The largest absolute Gasteiger partial charge is 0.409 e. The molecule has 0 bridgehead atoms. The highest BCUT2D eigenvalue weighted by Crippen LogP contribution is 1.95. The summed E-state index contributed by atoms with van der Waals surface area (Å²) in [7, 11) is 0. The van der Waals surface area contributed by atoms with Crippen LogP contribution in [0.25, 0.3) is 0 Å². The number of hydrogen-bond acceptors (Lipinski definition) is 4. The Morgan fingerprint density at radius 3 is 2.40 bits per heavy atom. The number of rotatable bonds is 10. The minimum absolute atomic E-state index is 0.279. The molecule has 0 heterocycles. The van der Waals surface area contributed by atoms with Crippen molar-refractivity contribution < 1.29 is 14.7 Å². The smallest absolute Gasteiger partial charge is 0.139 e. The first-order valence-electron chi connectivity index (χ1n) is 5.43. The number of unbranched alkanes of at least 4 members (excludes halogenated alkanes) is 1. The second-order valence-corrected chi connectivity index (χ2v) is 3.27. The predicted molar refractivity (Wildman–Crippen MR) is 59.2 cm³/mol. The van der Waals surface area contributed by atoms with Crippen LogP contribution in [0.3, 0.4) is 0 Å². The van der Waals surface area contributed by atoms with E-state index in [1.165, 1.54) is 0 Å². The topological polar surface area (TPSA) is 77.1 Å².